The van der Waals surface area contributed by atoms with Crippen molar-refractivity contribution >= 4 is 5.91 Å². The number of rotatable bonds is 6. The van der Waals surface area contributed by atoms with Gasteiger partial charge in [-0.2, -0.15) is 0 Å². The molecule has 0 radical (unpaired) electrons. The first kappa shape index (κ1) is 17.3. The second kappa shape index (κ2) is 7.56. The molecular formula is C20H30N2O2. The van der Waals surface area contributed by atoms with Crippen LogP contribution >= 0.6 is 0 Å². The Balaban J connectivity index is 1.44. The summed E-state index contributed by atoms with van der Waals surface area (Å²) in [7, 11) is 0. The maximum atomic E-state index is 12.4. The zero-order chi connectivity index (χ0) is 17.1. The maximum absolute atomic E-state index is 12.4. The Labute approximate surface area is 145 Å². The van der Waals surface area contributed by atoms with Crippen molar-refractivity contribution in [2.45, 2.75) is 52.5 Å². The van der Waals surface area contributed by atoms with Gasteiger partial charge in [-0.05, 0) is 70.0 Å². The molecule has 132 valence electrons. The lowest BCUT2D eigenvalue weighted by Crippen LogP contribution is -2.46. The summed E-state index contributed by atoms with van der Waals surface area (Å²) in [5, 5.41) is 3.65. The van der Waals surface area contributed by atoms with Gasteiger partial charge in [0.05, 0.1) is 0 Å². The first-order chi connectivity index (χ1) is 11.5. The number of nitrogens with one attached hydrogen (secondary N) is 1. The molecule has 2 fully saturated rings. The summed E-state index contributed by atoms with van der Waals surface area (Å²) in [6.45, 7) is 9.15. The fourth-order valence-corrected chi connectivity index (χ4v) is 3.61. The molecule has 1 aromatic carbocycles. The van der Waals surface area contributed by atoms with Gasteiger partial charge in [0.15, 0.2) is 6.61 Å². The zero-order valence-electron chi connectivity index (χ0n) is 15.2. The predicted octanol–water partition coefficient (Wildman–Crippen LogP) is 2.98. The van der Waals surface area contributed by atoms with E-state index in [-0.39, 0.29) is 12.5 Å². The molecule has 0 unspecified atom stereocenters. The number of piperidine rings is 1. The van der Waals surface area contributed by atoms with Crippen LogP contribution in [0.1, 0.15) is 42.4 Å². The van der Waals surface area contributed by atoms with Gasteiger partial charge in [-0.15, -0.1) is 0 Å². The summed E-state index contributed by atoms with van der Waals surface area (Å²) >= 11 is 0. The molecule has 1 saturated carbocycles. The highest BCUT2D eigenvalue weighted by molar-refractivity contribution is 5.78. The third-order valence-electron chi connectivity index (χ3n) is 5.18. The normalized spacial score (nSPS) is 18.7. The van der Waals surface area contributed by atoms with Crippen molar-refractivity contribution < 1.29 is 9.53 Å². The van der Waals surface area contributed by atoms with Crippen LogP contribution in [-0.2, 0) is 4.79 Å². The smallest absolute Gasteiger partial charge is 0.260 e. The third kappa shape index (κ3) is 4.50. The molecule has 1 aliphatic heterocycles. The lowest BCUT2D eigenvalue weighted by Gasteiger charge is -2.32. The minimum absolute atomic E-state index is 0.106. The Bertz CT molecular complexity index is 564. The molecule has 4 heteroatoms. The molecule has 24 heavy (non-hydrogen) atoms. The minimum atomic E-state index is 0.106. The second-order valence-corrected chi connectivity index (χ2v) is 7.52. The molecule has 4 nitrogen and oxygen atoms in total. The molecule has 1 saturated heterocycles. The fourth-order valence-electron chi connectivity index (χ4n) is 3.61. The highest BCUT2D eigenvalue weighted by Gasteiger charge is 2.26. The van der Waals surface area contributed by atoms with Gasteiger partial charge in [0.1, 0.15) is 5.75 Å². The van der Waals surface area contributed by atoms with Gasteiger partial charge >= 0.3 is 0 Å². The lowest BCUT2D eigenvalue weighted by molar-refractivity contribution is -0.134. The number of carbonyl (C=O) groups excluding carboxylic acids is 1. The van der Waals surface area contributed by atoms with Crippen molar-refractivity contribution in [1.29, 1.82) is 0 Å². The van der Waals surface area contributed by atoms with Crippen LogP contribution in [0.4, 0.5) is 0 Å². The first-order valence-electron chi connectivity index (χ1n) is 9.24. The number of ether oxygens (including phenoxy) is 1. The zero-order valence-corrected chi connectivity index (χ0v) is 15.2. The summed E-state index contributed by atoms with van der Waals surface area (Å²) in [6.07, 6.45) is 4.89. The molecule has 1 aromatic rings. The van der Waals surface area contributed by atoms with Crippen LogP contribution in [0.3, 0.4) is 0 Å². The molecule has 1 N–H and O–H groups in total. The van der Waals surface area contributed by atoms with Crippen molar-refractivity contribution in [3.8, 4) is 5.75 Å². The summed E-state index contributed by atoms with van der Waals surface area (Å²) in [5.74, 6) is 1.88. The second-order valence-electron chi connectivity index (χ2n) is 7.52. The van der Waals surface area contributed by atoms with Crippen LogP contribution in [0, 0.1) is 26.7 Å². The monoisotopic (exact) mass is 330 g/mol. The number of aryl methyl sites for hydroxylation is 3. The number of nitrogens with zero attached hydrogens (tertiary/aromatic N) is 1. The molecule has 1 amide bonds. The summed E-state index contributed by atoms with van der Waals surface area (Å²) in [4.78, 5) is 14.4. The van der Waals surface area contributed by atoms with E-state index in [0.29, 0.717) is 6.04 Å². The lowest BCUT2D eigenvalue weighted by atomic mass is 10.0. The van der Waals surface area contributed by atoms with Gasteiger partial charge in [-0.3, -0.25) is 4.79 Å². The van der Waals surface area contributed by atoms with Gasteiger partial charge in [0.2, 0.25) is 0 Å². The molecule has 1 aliphatic carbocycles. The van der Waals surface area contributed by atoms with Crippen molar-refractivity contribution in [3.63, 3.8) is 0 Å². The van der Waals surface area contributed by atoms with Gasteiger partial charge in [0, 0.05) is 19.1 Å². The van der Waals surface area contributed by atoms with Gasteiger partial charge in [-0.25, -0.2) is 0 Å². The highest BCUT2D eigenvalue weighted by Crippen LogP contribution is 2.28. The Morgan fingerprint density at radius 3 is 2.33 bits per heavy atom. The van der Waals surface area contributed by atoms with Crippen LogP contribution in [-0.4, -0.2) is 43.1 Å². The van der Waals surface area contributed by atoms with E-state index in [1.165, 1.54) is 18.4 Å². The summed E-state index contributed by atoms with van der Waals surface area (Å²) < 4.78 is 5.84. The van der Waals surface area contributed by atoms with Crippen LogP contribution in [0.5, 0.6) is 5.75 Å². The number of hydrogen-bond donors (Lipinski definition) is 1. The number of carbonyl (C=O) groups is 1. The predicted molar refractivity (Wildman–Crippen MR) is 96.5 cm³/mol. The van der Waals surface area contributed by atoms with Crippen molar-refractivity contribution in [2.24, 2.45) is 5.92 Å². The number of hydrogen-bond acceptors (Lipinski definition) is 3. The average molecular weight is 330 g/mol. The molecule has 1 heterocycles. The molecular weight excluding hydrogens is 300 g/mol. The van der Waals surface area contributed by atoms with E-state index in [0.717, 1.165) is 55.3 Å². The van der Waals surface area contributed by atoms with Crippen LogP contribution in [0.15, 0.2) is 12.1 Å². The van der Waals surface area contributed by atoms with Gasteiger partial charge in [-0.1, -0.05) is 17.7 Å². The minimum Gasteiger partial charge on any atom is -0.483 e. The Hall–Kier alpha value is -1.55. The van der Waals surface area contributed by atoms with E-state index in [9.17, 15) is 4.79 Å². The van der Waals surface area contributed by atoms with E-state index < -0.39 is 0 Å². The largest absolute Gasteiger partial charge is 0.483 e. The topological polar surface area (TPSA) is 41.6 Å². The summed E-state index contributed by atoms with van der Waals surface area (Å²) in [5.41, 5.74) is 3.43. The van der Waals surface area contributed by atoms with Gasteiger partial charge < -0.3 is 15.0 Å². The number of benzene rings is 1. The van der Waals surface area contributed by atoms with Crippen molar-refractivity contribution in [2.75, 3.05) is 26.2 Å². The highest BCUT2D eigenvalue weighted by atomic mass is 16.5. The van der Waals surface area contributed by atoms with Crippen LogP contribution in [0.2, 0.25) is 0 Å². The standard InChI is InChI=1S/C20H30N2O2/c1-14-10-15(2)20(16(3)11-14)24-13-19(23)22-8-6-18(7-9-22)21-12-17-4-5-17/h10-11,17-18,21H,4-9,12-13H2,1-3H3. The quantitative estimate of drug-likeness (QED) is 0.872. The Kier molecular flexibility index (Phi) is 5.44. The Morgan fingerprint density at radius 2 is 1.75 bits per heavy atom. The van der Waals surface area contributed by atoms with E-state index >= 15 is 0 Å². The van der Waals surface area contributed by atoms with Crippen molar-refractivity contribution in [1.82, 2.24) is 10.2 Å². The number of likely N-dealkylation sites (tertiary alicyclic amines) is 1. The molecule has 0 atom stereocenters. The van der Waals surface area contributed by atoms with Crippen LogP contribution in [0.25, 0.3) is 0 Å². The van der Waals surface area contributed by atoms with E-state index in [1.54, 1.807) is 0 Å². The Morgan fingerprint density at radius 1 is 1.12 bits per heavy atom. The number of amides is 1. The molecule has 0 aromatic heterocycles. The average Bonchev–Trinajstić information content (AvgIpc) is 3.36. The molecule has 3 rings (SSSR count). The molecule has 0 spiro atoms. The van der Waals surface area contributed by atoms with Gasteiger partial charge in [0.25, 0.3) is 5.91 Å². The fraction of sp³-hybridized carbons (Fsp3) is 0.650. The van der Waals surface area contributed by atoms with E-state index in [1.807, 2.05) is 18.7 Å². The van der Waals surface area contributed by atoms with E-state index in [2.05, 4.69) is 24.4 Å². The van der Waals surface area contributed by atoms with E-state index in [4.69, 9.17) is 4.74 Å². The van der Waals surface area contributed by atoms with Crippen molar-refractivity contribution in [3.05, 3.63) is 28.8 Å². The molecule has 2 aliphatic rings. The first-order valence-corrected chi connectivity index (χ1v) is 9.24. The molecule has 0 bridgehead atoms. The SMILES string of the molecule is Cc1cc(C)c(OCC(=O)N2CCC(NCC3CC3)CC2)c(C)c1. The maximum Gasteiger partial charge on any atom is 0.260 e. The third-order valence-corrected chi connectivity index (χ3v) is 5.18. The summed E-state index contributed by atoms with van der Waals surface area (Å²) in [6, 6.07) is 4.78. The van der Waals surface area contributed by atoms with Crippen LogP contribution < -0.4 is 10.1 Å².